The Balaban J connectivity index is 1.91. The molecule has 0 bridgehead atoms. The Labute approximate surface area is 204 Å². The fourth-order valence-corrected chi connectivity index (χ4v) is 5.02. The molecule has 4 nitrogen and oxygen atoms in total. The number of nitrogens with one attached hydrogen (secondary N) is 1. The van der Waals surface area contributed by atoms with Crippen LogP contribution in [0.1, 0.15) is 78.1 Å². The Morgan fingerprint density at radius 1 is 0.909 bits per heavy atom. The first-order valence-electron chi connectivity index (χ1n) is 11.3. The summed E-state index contributed by atoms with van der Waals surface area (Å²) in [7, 11) is 1.76. The van der Waals surface area contributed by atoms with Gasteiger partial charge in [-0.3, -0.25) is 9.59 Å². The molecule has 1 N–H and O–H groups in total. The molecule has 0 aromatic heterocycles. The molecule has 33 heavy (non-hydrogen) atoms. The summed E-state index contributed by atoms with van der Waals surface area (Å²) in [6, 6.07) is 19.4. The van der Waals surface area contributed by atoms with Crippen LogP contribution in [0.25, 0.3) is 0 Å². The van der Waals surface area contributed by atoms with Crippen molar-refractivity contribution in [1.29, 1.82) is 0 Å². The van der Waals surface area contributed by atoms with Crippen molar-refractivity contribution in [2.75, 3.05) is 17.3 Å². The maximum atomic E-state index is 14.1. The molecule has 0 saturated carbocycles. The van der Waals surface area contributed by atoms with Crippen LogP contribution in [0.15, 0.2) is 65.1 Å². The van der Waals surface area contributed by atoms with Crippen molar-refractivity contribution in [2.45, 2.75) is 45.4 Å². The molecule has 1 aliphatic heterocycles. The molecule has 0 fully saturated rings. The van der Waals surface area contributed by atoms with Gasteiger partial charge in [0.15, 0.2) is 0 Å². The van der Waals surface area contributed by atoms with Crippen LogP contribution in [0.5, 0.6) is 0 Å². The third kappa shape index (κ3) is 4.22. The van der Waals surface area contributed by atoms with Crippen LogP contribution in [0.3, 0.4) is 0 Å². The highest BCUT2D eigenvalue weighted by Gasteiger charge is 2.35. The summed E-state index contributed by atoms with van der Waals surface area (Å²) in [6.07, 6.45) is 0. The average molecular weight is 505 g/mol. The van der Waals surface area contributed by atoms with Gasteiger partial charge in [-0.05, 0) is 58.4 Å². The van der Waals surface area contributed by atoms with Crippen LogP contribution in [-0.4, -0.2) is 18.9 Å². The molecule has 1 aliphatic rings. The fraction of sp³-hybridized carbons (Fsp3) is 0.286. The van der Waals surface area contributed by atoms with Crippen LogP contribution in [0.4, 0.5) is 11.4 Å². The zero-order valence-electron chi connectivity index (χ0n) is 19.6. The number of carbonyl (C=O) groups excluding carboxylic acids is 2. The summed E-state index contributed by atoms with van der Waals surface area (Å²) in [5, 5.41) is 3.29. The average Bonchev–Trinajstić information content (AvgIpc) is 2.86. The fourth-order valence-electron chi connectivity index (χ4n) is 4.64. The van der Waals surface area contributed by atoms with E-state index in [2.05, 4.69) is 67.1 Å². The van der Waals surface area contributed by atoms with E-state index in [-0.39, 0.29) is 23.7 Å². The normalized spacial score (nSPS) is 15.3. The first-order valence-corrected chi connectivity index (χ1v) is 12.1. The van der Waals surface area contributed by atoms with E-state index in [1.807, 2.05) is 36.4 Å². The molecular weight excluding hydrogens is 476 g/mol. The van der Waals surface area contributed by atoms with E-state index in [1.54, 1.807) is 18.0 Å². The first-order chi connectivity index (χ1) is 15.7. The van der Waals surface area contributed by atoms with Crippen molar-refractivity contribution in [2.24, 2.45) is 0 Å². The number of hydrogen-bond donors (Lipinski definition) is 1. The molecule has 0 radical (unpaired) electrons. The lowest BCUT2D eigenvalue weighted by Crippen LogP contribution is -2.26. The molecule has 1 heterocycles. The van der Waals surface area contributed by atoms with Crippen molar-refractivity contribution >= 4 is 39.1 Å². The number of hydrogen-bond acceptors (Lipinski definition) is 2. The molecule has 170 valence electrons. The van der Waals surface area contributed by atoms with E-state index < -0.39 is 5.92 Å². The molecule has 0 aliphatic carbocycles. The van der Waals surface area contributed by atoms with Crippen LogP contribution in [-0.2, 0) is 4.79 Å². The molecule has 3 aromatic rings. The van der Waals surface area contributed by atoms with E-state index in [4.69, 9.17) is 0 Å². The summed E-state index contributed by atoms with van der Waals surface area (Å²) in [4.78, 5) is 29.0. The number of carbonyl (C=O) groups is 2. The van der Waals surface area contributed by atoms with Gasteiger partial charge in [-0.25, -0.2) is 0 Å². The van der Waals surface area contributed by atoms with E-state index in [1.165, 1.54) is 0 Å². The maximum absolute atomic E-state index is 14.1. The van der Waals surface area contributed by atoms with Crippen molar-refractivity contribution in [1.82, 2.24) is 0 Å². The minimum atomic E-state index is -0.622. The molecule has 2 amide bonds. The highest BCUT2D eigenvalue weighted by molar-refractivity contribution is 9.10. The highest BCUT2D eigenvalue weighted by atomic mass is 79.9. The molecule has 5 heteroatoms. The van der Waals surface area contributed by atoms with Gasteiger partial charge in [0.05, 0.1) is 5.92 Å². The van der Waals surface area contributed by atoms with Crippen molar-refractivity contribution in [3.63, 3.8) is 0 Å². The zero-order valence-corrected chi connectivity index (χ0v) is 21.2. The number of benzene rings is 3. The largest absolute Gasteiger partial charge is 0.325 e. The molecule has 1 atom stereocenters. The van der Waals surface area contributed by atoms with Gasteiger partial charge in [-0.15, -0.1) is 0 Å². The molecule has 1 unspecified atom stereocenters. The van der Waals surface area contributed by atoms with E-state index in [0.717, 1.165) is 38.1 Å². The predicted molar refractivity (Wildman–Crippen MR) is 138 cm³/mol. The smallest absolute Gasteiger partial charge is 0.258 e. The minimum absolute atomic E-state index is 0.116. The number of fused-ring (bicyclic) bond motifs is 2. The Morgan fingerprint density at radius 2 is 1.55 bits per heavy atom. The van der Waals surface area contributed by atoms with Gasteiger partial charge in [-0.2, -0.15) is 0 Å². The maximum Gasteiger partial charge on any atom is 0.258 e. The predicted octanol–water partition coefficient (Wildman–Crippen LogP) is 7.06. The highest BCUT2D eigenvalue weighted by Crippen LogP contribution is 2.41. The van der Waals surface area contributed by atoms with Crippen LogP contribution in [0, 0.1) is 0 Å². The van der Waals surface area contributed by atoms with Crippen LogP contribution < -0.4 is 10.2 Å². The third-order valence-electron chi connectivity index (χ3n) is 6.35. The minimum Gasteiger partial charge on any atom is -0.325 e. The van der Waals surface area contributed by atoms with Crippen molar-refractivity contribution < 1.29 is 9.59 Å². The molecule has 0 spiro atoms. The Morgan fingerprint density at radius 3 is 2.18 bits per heavy atom. The summed E-state index contributed by atoms with van der Waals surface area (Å²) in [6.45, 7) is 8.54. The standard InChI is InChI=1S/C28H29BrN2O2/c1-16(2)19-11-8-12-20(17(3)4)26(19)30-27(32)25-21-9-6-7-10-22(21)28(33)31(5)24-14-13-18(29)15-23(24)25/h6-17,25H,1-5H3,(H,30,32). The summed E-state index contributed by atoms with van der Waals surface area (Å²) in [5.74, 6) is -0.359. The first kappa shape index (κ1) is 23.2. The summed E-state index contributed by atoms with van der Waals surface area (Å²) < 4.78 is 0.865. The quantitative estimate of drug-likeness (QED) is 0.413. The zero-order chi connectivity index (χ0) is 23.9. The molecule has 3 aromatic carbocycles. The van der Waals surface area contributed by atoms with Crippen molar-refractivity contribution in [3.05, 3.63) is 93.0 Å². The Kier molecular flexibility index (Phi) is 6.44. The van der Waals surface area contributed by atoms with Gasteiger partial charge in [0, 0.05) is 28.5 Å². The van der Waals surface area contributed by atoms with Gasteiger partial charge in [0.25, 0.3) is 5.91 Å². The van der Waals surface area contributed by atoms with E-state index in [0.29, 0.717) is 5.56 Å². The number of amides is 2. The van der Waals surface area contributed by atoms with E-state index in [9.17, 15) is 9.59 Å². The third-order valence-corrected chi connectivity index (χ3v) is 6.85. The van der Waals surface area contributed by atoms with Crippen LogP contribution in [0.2, 0.25) is 0 Å². The van der Waals surface area contributed by atoms with Crippen molar-refractivity contribution in [3.8, 4) is 0 Å². The van der Waals surface area contributed by atoms with Crippen LogP contribution >= 0.6 is 15.9 Å². The number of anilines is 2. The second-order valence-corrected chi connectivity index (χ2v) is 10.1. The van der Waals surface area contributed by atoms with Gasteiger partial charge < -0.3 is 10.2 Å². The summed E-state index contributed by atoms with van der Waals surface area (Å²) >= 11 is 3.56. The Hall–Kier alpha value is -2.92. The second kappa shape index (κ2) is 9.14. The van der Waals surface area contributed by atoms with Gasteiger partial charge >= 0.3 is 0 Å². The van der Waals surface area contributed by atoms with E-state index >= 15 is 0 Å². The number of rotatable bonds is 4. The molecule has 0 saturated heterocycles. The number of halogens is 1. The molecule has 4 rings (SSSR count). The topological polar surface area (TPSA) is 49.4 Å². The lowest BCUT2D eigenvalue weighted by Gasteiger charge is -2.24. The monoisotopic (exact) mass is 504 g/mol. The second-order valence-electron chi connectivity index (χ2n) is 9.20. The lowest BCUT2D eigenvalue weighted by molar-refractivity contribution is -0.116. The number of para-hydroxylation sites is 1. The SMILES string of the molecule is CC(C)c1cccc(C(C)C)c1NC(=O)C1c2ccccc2C(=O)N(C)c2ccc(Br)cc21. The number of nitrogens with zero attached hydrogens (tertiary/aromatic N) is 1. The Bertz CT molecular complexity index is 1210. The van der Waals surface area contributed by atoms with Gasteiger partial charge in [0.2, 0.25) is 5.91 Å². The lowest BCUT2D eigenvalue weighted by atomic mass is 9.86. The summed E-state index contributed by atoms with van der Waals surface area (Å²) in [5.41, 5.74) is 5.91. The van der Waals surface area contributed by atoms with Gasteiger partial charge in [-0.1, -0.05) is 80.0 Å². The van der Waals surface area contributed by atoms with Gasteiger partial charge in [0.1, 0.15) is 0 Å². The molecular formula is C28H29BrN2O2.